The van der Waals surface area contributed by atoms with E-state index in [9.17, 15) is 9.90 Å². The smallest absolute Gasteiger partial charge is 0.246 e. The molecule has 1 heterocycles. The van der Waals surface area contributed by atoms with Crippen molar-refractivity contribution in [3.05, 3.63) is 66.2 Å². The van der Waals surface area contributed by atoms with Crippen LogP contribution in [0.4, 0.5) is 0 Å². The van der Waals surface area contributed by atoms with Crippen LogP contribution >= 0.6 is 0 Å². The van der Waals surface area contributed by atoms with E-state index in [4.69, 9.17) is 0 Å². The monoisotopic (exact) mass is 307 g/mol. The van der Waals surface area contributed by atoms with Gasteiger partial charge in [-0.2, -0.15) is 0 Å². The summed E-state index contributed by atoms with van der Waals surface area (Å²) in [5.41, 5.74) is 3.36. The number of rotatable bonds is 3. The number of aliphatic hydroxyl groups excluding tert-OH is 1. The van der Waals surface area contributed by atoms with E-state index >= 15 is 0 Å². The fraction of sp³-hybridized carbons (Fsp3) is 0.250. The molecular weight excluding hydrogens is 286 g/mol. The van der Waals surface area contributed by atoms with Crippen LogP contribution in [0.25, 0.3) is 17.2 Å². The lowest BCUT2D eigenvalue weighted by molar-refractivity contribution is -0.127. The first-order chi connectivity index (χ1) is 11.2. The number of nitrogens with zero attached hydrogens (tertiary/aromatic N) is 1. The first-order valence-electron chi connectivity index (χ1n) is 8.03. The van der Waals surface area contributed by atoms with Gasteiger partial charge in [-0.3, -0.25) is 4.79 Å². The minimum atomic E-state index is -0.256. The molecule has 1 amide bonds. The lowest BCUT2D eigenvalue weighted by atomic mass is 10.0. The van der Waals surface area contributed by atoms with E-state index in [0.717, 1.165) is 5.56 Å². The Morgan fingerprint density at radius 3 is 2.22 bits per heavy atom. The molecule has 1 aliphatic rings. The quantitative estimate of drug-likeness (QED) is 0.883. The van der Waals surface area contributed by atoms with Crippen molar-refractivity contribution in [2.24, 2.45) is 0 Å². The summed E-state index contributed by atoms with van der Waals surface area (Å²) < 4.78 is 0. The normalized spacial score (nSPS) is 16.0. The summed E-state index contributed by atoms with van der Waals surface area (Å²) in [5, 5.41) is 9.48. The first kappa shape index (κ1) is 15.5. The van der Waals surface area contributed by atoms with Crippen molar-refractivity contribution in [3.8, 4) is 11.1 Å². The zero-order valence-corrected chi connectivity index (χ0v) is 13.1. The number of hydrogen-bond donors (Lipinski definition) is 1. The number of likely N-dealkylation sites (tertiary alicyclic amines) is 1. The van der Waals surface area contributed by atoms with Crippen LogP contribution < -0.4 is 0 Å². The summed E-state index contributed by atoms with van der Waals surface area (Å²) in [6.45, 7) is 1.27. The number of piperidine rings is 1. The molecule has 3 rings (SSSR count). The molecule has 23 heavy (non-hydrogen) atoms. The molecule has 3 nitrogen and oxygen atoms in total. The molecule has 0 aromatic heterocycles. The Bertz CT molecular complexity index is 669. The maximum Gasteiger partial charge on any atom is 0.246 e. The van der Waals surface area contributed by atoms with Gasteiger partial charge in [-0.1, -0.05) is 54.6 Å². The van der Waals surface area contributed by atoms with E-state index < -0.39 is 0 Å². The summed E-state index contributed by atoms with van der Waals surface area (Å²) in [6, 6.07) is 18.4. The maximum absolute atomic E-state index is 12.1. The molecule has 0 spiro atoms. The second-order valence-corrected chi connectivity index (χ2v) is 5.88. The molecule has 118 valence electrons. The van der Waals surface area contributed by atoms with Gasteiger partial charge in [0.2, 0.25) is 5.91 Å². The number of aliphatic hydroxyl groups is 1. The first-order valence-corrected chi connectivity index (χ1v) is 8.03. The second-order valence-electron chi connectivity index (χ2n) is 5.88. The van der Waals surface area contributed by atoms with Gasteiger partial charge in [0.15, 0.2) is 0 Å². The standard InChI is InChI=1S/C20H21NO2/c22-19-12-14-21(15-13-19)20(23)11-8-16-6-9-18(10-7-16)17-4-2-1-3-5-17/h1-11,19,22H,12-15H2/b11-8+. The largest absolute Gasteiger partial charge is 0.393 e. The van der Waals surface area contributed by atoms with Crippen LogP contribution in [0.1, 0.15) is 18.4 Å². The lowest BCUT2D eigenvalue weighted by Crippen LogP contribution is -2.39. The van der Waals surface area contributed by atoms with Crippen molar-refractivity contribution in [3.63, 3.8) is 0 Å². The number of hydrogen-bond acceptors (Lipinski definition) is 2. The highest BCUT2D eigenvalue weighted by Gasteiger charge is 2.19. The summed E-state index contributed by atoms with van der Waals surface area (Å²) in [7, 11) is 0. The predicted molar refractivity (Wildman–Crippen MR) is 92.7 cm³/mol. The van der Waals surface area contributed by atoms with Crippen molar-refractivity contribution >= 4 is 12.0 Å². The van der Waals surface area contributed by atoms with Crippen molar-refractivity contribution in [1.82, 2.24) is 4.90 Å². The Kier molecular flexibility index (Phi) is 4.89. The van der Waals surface area contributed by atoms with Crippen LogP contribution in [0.5, 0.6) is 0 Å². The molecule has 0 radical (unpaired) electrons. The third kappa shape index (κ3) is 4.08. The SMILES string of the molecule is O=C(/C=C/c1ccc(-c2ccccc2)cc1)N1CCC(O)CC1. The lowest BCUT2D eigenvalue weighted by Gasteiger charge is -2.28. The molecule has 2 aromatic rings. The third-order valence-electron chi connectivity index (χ3n) is 4.21. The van der Waals surface area contributed by atoms with E-state index in [1.54, 1.807) is 11.0 Å². The van der Waals surface area contributed by atoms with Gasteiger partial charge in [0.25, 0.3) is 0 Å². The molecule has 2 aromatic carbocycles. The Balaban J connectivity index is 1.63. The van der Waals surface area contributed by atoms with E-state index in [2.05, 4.69) is 24.3 Å². The molecule has 1 saturated heterocycles. The van der Waals surface area contributed by atoms with Gasteiger partial charge in [0.1, 0.15) is 0 Å². The molecule has 1 fully saturated rings. The van der Waals surface area contributed by atoms with Crippen LogP contribution in [0.2, 0.25) is 0 Å². The molecule has 0 saturated carbocycles. The number of carbonyl (C=O) groups is 1. The van der Waals surface area contributed by atoms with Crippen molar-refractivity contribution in [2.45, 2.75) is 18.9 Å². The average Bonchev–Trinajstić information content (AvgIpc) is 2.61. The van der Waals surface area contributed by atoms with Crippen molar-refractivity contribution < 1.29 is 9.90 Å². The maximum atomic E-state index is 12.1. The molecule has 0 aliphatic carbocycles. The van der Waals surface area contributed by atoms with Crippen LogP contribution in [0, 0.1) is 0 Å². The fourth-order valence-corrected chi connectivity index (χ4v) is 2.78. The second kappa shape index (κ2) is 7.25. The van der Waals surface area contributed by atoms with Gasteiger partial charge in [0.05, 0.1) is 6.10 Å². The van der Waals surface area contributed by atoms with E-state index in [1.165, 1.54) is 11.1 Å². The number of carbonyl (C=O) groups excluding carboxylic acids is 1. The third-order valence-corrected chi connectivity index (χ3v) is 4.21. The Morgan fingerprint density at radius 2 is 1.57 bits per heavy atom. The topological polar surface area (TPSA) is 40.5 Å². The van der Waals surface area contributed by atoms with Gasteiger partial charge in [-0.15, -0.1) is 0 Å². The molecule has 0 atom stereocenters. The number of amides is 1. The van der Waals surface area contributed by atoms with Crippen LogP contribution in [0.3, 0.4) is 0 Å². The highest BCUT2D eigenvalue weighted by Crippen LogP contribution is 2.19. The van der Waals surface area contributed by atoms with Gasteiger partial charge >= 0.3 is 0 Å². The van der Waals surface area contributed by atoms with Crippen LogP contribution in [-0.4, -0.2) is 35.1 Å². The van der Waals surface area contributed by atoms with E-state index in [-0.39, 0.29) is 12.0 Å². The summed E-state index contributed by atoms with van der Waals surface area (Å²) in [4.78, 5) is 13.9. The molecule has 0 bridgehead atoms. The van der Waals surface area contributed by atoms with E-state index in [0.29, 0.717) is 25.9 Å². The highest BCUT2D eigenvalue weighted by atomic mass is 16.3. The fourth-order valence-electron chi connectivity index (χ4n) is 2.78. The Hall–Kier alpha value is -2.39. The predicted octanol–water partition coefficient (Wildman–Crippen LogP) is 3.35. The minimum absolute atomic E-state index is 0.0176. The van der Waals surface area contributed by atoms with Crippen LogP contribution in [-0.2, 0) is 4.79 Å². The minimum Gasteiger partial charge on any atom is -0.393 e. The van der Waals surface area contributed by atoms with Gasteiger partial charge in [0, 0.05) is 19.2 Å². The average molecular weight is 307 g/mol. The van der Waals surface area contributed by atoms with Crippen molar-refractivity contribution in [2.75, 3.05) is 13.1 Å². The highest BCUT2D eigenvalue weighted by molar-refractivity contribution is 5.91. The summed E-state index contributed by atoms with van der Waals surface area (Å²) in [5.74, 6) is 0.0176. The summed E-state index contributed by atoms with van der Waals surface area (Å²) >= 11 is 0. The molecular formula is C20H21NO2. The van der Waals surface area contributed by atoms with Crippen LogP contribution in [0.15, 0.2) is 60.7 Å². The van der Waals surface area contributed by atoms with Gasteiger partial charge < -0.3 is 10.0 Å². The van der Waals surface area contributed by atoms with Crippen molar-refractivity contribution in [1.29, 1.82) is 0 Å². The molecule has 1 aliphatic heterocycles. The summed E-state index contributed by atoms with van der Waals surface area (Å²) in [6.07, 6.45) is 4.56. The molecule has 3 heteroatoms. The van der Waals surface area contributed by atoms with E-state index in [1.807, 2.05) is 36.4 Å². The Morgan fingerprint density at radius 1 is 0.957 bits per heavy atom. The zero-order chi connectivity index (χ0) is 16.1. The van der Waals surface area contributed by atoms with Gasteiger partial charge in [-0.05, 0) is 35.6 Å². The molecule has 0 unspecified atom stereocenters. The Labute approximate surface area is 136 Å². The van der Waals surface area contributed by atoms with Gasteiger partial charge in [-0.25, -0.2) is 0 Å². The number of benzene rings is 2. The molecule has 1 N–H and O–H groups in total. The zero-order valence-electron chi connectivity index (χ0n) is 13.1.